The van der Waals surface area contributed by atoms with Crippen molar-refractivity contribution in [3.05, 3.63) is 0 Å². The van der Waals surface area contributed by atoms with Crippen molar-refractivity contribution >= 4 is 5.78 Å². The minimum atomic E-state index is -4.30. The number of hydrogen-bond donors (Lipinski definition) is 0. The van der Waals surface area contributed by atoms with Gasteiger partial charge in [0, 0.05) is 12.8 Å². The van der Waals surface area contributed by atoms with Gasteiger partial charge in [-0.25, -0.2) is 0 Å². The molecule has 5 heteroatoms. The molecule has 0 heterocycles. The molecule has 2 nitrogen and oxygen atoms in total. The normalized spacial score (nSPS) is 11.8. The lowest BCUT2D eigenvalue weighted by molar-refractivity contribution is -0.174. The van der Waals surface area contributed by atoms with E-state index in [0.29, 0.717) is 6.42 Å². The number of carbonyl (C=O) groups excluding carboxylic acids is 1. The van der Waals surface area contributed by atoms with Crippen LogP contribution in [-0.2, 0) is 9.53 Å². The smallest absolute Gasteiger partial charge is 0.372 e. The molecule has 0 spiro atoms. The number of ether oxygens (including phenoxy) is 1. The summed E-state index contributed by atoms with van der Waals surface area (Å²) in [5.41, 5.74) is 0. The molecule has 0 aliphatic rings. The van der Waals surface area contributed by atoms with Gasteiger partial charge in [-0.2, -0.15) is 13.2 Å². The van der Waals surface area contributed by atoms with Gasteiger partial charge in [0.15, 0.2) is 0 Å². The van der Waals surface area contributed by atoms with Crippen LogP contribution in [0.1, 0.15) is 71.1 Å². The number of alkyl halides is 3. The summed E-state index contributed by atoms with van der Waals surface area (Å²) in [6, 6.07) is 0. The Morgan fingerprint density at radius 2 is 1.45 bits per heavy atom. The topological polar surface area (TPSA) is 26.3 Å². The maximum absolute atomic E-state index is 11.8. The zero-order valence-electron chi connectivity index (χ0n) is 12.4. The van der Waals surface area contributed by atoms with Crippen LogP contribution in [0.25, 0.3) is 0 Å². The number of unbranched alkanes of at least 4 members (excludes halogenated alkanes) is 7. The Hall–Kier alpha value is -0.580. The van der Waals surface area contributed by atoms with Crippen LogP contribution >= 0.6 is 0 Å². The molecule has 0 aliphatic carbocycles. The number of halogens is 3. The molecule has 0 amide bonds. The van der Waals surface area contributed by atoms with E-state index in [1.165, 1.54) is 32.1 Å². The summed E-state index contributed by atoms with van der Waals surface area (Å²) in [5.74, 6) is -0.00171. The Balaban J connectivity index is 3.25. The first-order valence-electron chi connectivity index (χ1n) is 7.62. The lowest BCUT2D eigenvalue weighted by Gasteiger charge is -2.07. The summed E-state index contributed by atoms with van der Waals surface area (Å²) in [6.07, 6.45) is 5.54. The van der Waals surface area contributed by atoms with E-state index in [1.807, 2.05) is 0 Å². The largest absolute Gasteiger partial charge is 0.411 e. The van der Waals surface area contributed by atoms with Gasteiger partial charge in [-0.1, -0.05) is 51.9 Å². The molecule has 0 saturated carbocycles. The Kier molecular flexibility index (Phi) is 11.8. The van der Waals surface area contributed by atoms with Crippen molar-refractivity contribution in [1.82, 2.24) is 0 Å². The minimum absolute atomic E-state index is 0.00171. The lowest BCUT2D eigenvalue weighted by atomic mass is 10.1. The van der Waals surface area contributed by atoms with Crippen molar-refractivity contribution < 1.29 is 22.7 Å². The van der Waals surface area contributed by atoms with E-state index >= 15 is 0 Å². The van der Waals surface area contributed by atoms with Gasteiger partial charge in [0.25, 0.3) is 0 Å². The summed E-state index contributed by atoms with van der Waals surface area (Å²) in [7, 11) is 0. The molecule has 0 unspecified atom stereocenters. The van der Waals surface area contributed by atoms with Gasteiger partial charge in [0.2, 0.25) is 0 Å². The highest BCUT2D eigenvalue weighted by Crippen LogP contribution is 2.14. The molecule has 0 aliphatic heterocycles. The van der Waals surface area contributed by atoms with Crippen LogP contribution in [0.2, 0.25) is 0 Å². The number of hydrogen-bond acceptors (Lipinski definition) is 2. The number of carbonyl (C=O) groups is 1. The molecule has 0 aromatic heterocycles. The predicted molar refractivity (Wildman–Crippen MR) is 73.7 cm³/mol. The standard InChI is InChI=1S/C15H27F3O2/c1-2-3-4-5-6-7-8-9-10-14(19)11-12-20-13-15(16,17)18/h2-13H2,1H3. The van der Waals surface area contributed by atoms with Gasteiger partial charge < -0.3 is 4.74 Å². The summed E-state index contributed by atoms with van der Waals surface area (Å²) in [5, 5.41) is 0. The van der Waals surface area contributed by atoms with Crippen molar-refractivity contribution in [3.8, 4) is 0 Å². The Morgan fingerprint density at radius 3 is 2.00 bits per heavy atom. The van der Waals surface area contributed by atoms with E-state index < -0.39 is 12.8 Å². The zero-order chi connectivity index (χ0) is 15.3. The van der Waals surface area contributed by atoms with Gasteiger partial charge in [-0.05, 0) is 6.42 Å². The van der Waals surface area contributed by atoms with Crippen LogP contribution in [0.4, 0.5) is 13.2 Å². The van der Waals surface area contributed by atoms with E-state index in [9.17, 15) is 18.0 Å². The third kappa shape index (κ3) is 15.5. The molecule has 0 N–H and O–H groups in total. The molecule has 0 fully saturated rings. The molecular weight excluding hydrogens is 269 g/mol. The highest BCUT2D eigenvalue weighted by molar-refractivity contribution is 5.78. The first-order valence-corrected chi connectivity index (χ1v) is 7.62. The Morgan fingerprint density at radius 1 is 0.900 bits per heavy atom. The summed E-state index contributed by atoms with van der Waals surface area (Å²) in [6.45, 7) is 0.789. The van der Waals surface area contributed by atoms with Crippen LogP contribution in [0.15, 0.2) is 0 Å². The van der Waals surface area contributed by atoms with Crippen molar-refractivity contribution in [2.24, 2.45) is 0 Å². The maximum Gasteiger partial charge on any atom is 0.411 e. The van der Waals surface area contributed by atoms with Crippen molar-refractivity contribution in [3.63, 3.8) is 0 Å². The van der Waals surface area contributed by atoms with Crippen molar-refractivity contribution in [2.45, 2.75) is 77.3 Å². The Bertz CT molecular complexity index is 240. The highest BCUT2D eigenvalue weighted by atomic mass is 19.4. The predicted octanol–water partition coefficient (Wildman–Crippen LogP) is 5.06. The molecule has 0 radical (unpaired) electrons. The van der Waals surface area contributed by atoms with E-state index in [2.05, 4.69) is 11.7 Å². The fourth-order valence-corrected chi connectivity index (χ4v) is 1.95. The average molecular weight is 296 g/mol. The summed E-state index contributed by atoms with van der Waals surface area (Å²) < 4.78 is 39.7. The molecule has 0 atom stereocenters. The first kappa shape index (κ1) is 19.4. The molecule has 0 rings (SSSR count). The van der Waals surface area contributed by atoms with E-state index in [4.69, 9.17) is 0 Å². The van der Waals surface area contributed by atoms with Gasteiger partial charge in [-0.3, -0.25) is 4.79 Å². The van der Waals surface area contributed by atoms with E-state index in [1.54, 1.807) is 0 Å². The van der Waals surface area contributed by atoms with E-state index in [0.717, 1.165) is 19.3 Å². The van der Waals surface area contributed by atoms with E-state index in [-0.39, 0.29) is 18.8 Å². The maximum atomic E-state index is 11.8. The van der Waals surface area contributed by atoms with Crippen LogP contribution in [0.3, 0.4) is 0 Å². The third-order valence-electron chi connectivity index (χ3n) is 3.10. The second-order valence-corrected chi connectivity index (χ2v) is 5.18. The fraction of sp³-hybridized carbons (Fsp3) is 0.933. The monoisotopic (exact) mass is 296 g/mol. The first-order chi connectivity index (χ1) is 9.45. The molecular formula is C15H27F3O2. The molecule has 20 heavy (non-hydrogen) atoms. The van der Waals surface area contributed by atoms with Gasteiger partial charge >= 0.3 is 6.18 Å². The molecule has 0 saturated heterocycles. The SMILES string of the molecule is CCCCCCCCCCC(=O)CCOCC(F)(F)F. The number of rotatable bonds is 13. The molecule has 0 aromatic rings. The lowest BCUT2D eigenvalue weighted by Crippen LogP contribution is -2.18. The second kappa shape index (κ2) is 12.2. The Labute approximate surface area is 120 Å². The van der Waals surface area contributed by atoms with Crippen molar-refractivity contribution in [1.29, 1.82) is 0 Å². The molecule has 0 bridgehead atoms. The zero-order valence-corrected chi connectivity index (χ0v) is 12.4. The number of Topliss-reactive ketones (excluding diaryl/α,β-unsaturated/α-hetero) is 1. The van der Waals surface area contributed by atoms with Crippen LogP contribution in [-0.4, -0.2) is 25.2 Å². The van der Waals surface area contributed by atoms with Crippen LogP contribution in [0, 0.1) is 0 Å². The minimum Gasteiger partial charge on any atom is -0.372 e. The average Bonchev–Trinajstić information content (AvgIpc) is 2.37. The number of ketones is 1. The second-order valence-electron chi connectivity index (χ2n) is 5.18. The summed E-state index contributed by atoms with van der Waals surface area (Å²) in [4.78, 5) is 11.4. The van der Waals surface area contributed by atoms with Gasteiger partial charge in [0.05, 0.1) is 6.61 Å². The third-order valence-corrected chi connectivity index (χ3v) is 3.10. The molecule has 120 valence electrons. The highest BCUT2D eigenvalue weighted by Gasteiger charge is 2.27. The summed E-state index contributed by atoms with van der Waals surface area (Å²) >= 11 is 0. The quantitative estimate of drug-likeness (QED) is 0.444. The van der Waals surface area contributed by atoms with Crippen LogP contribution < -0.4 is 0 Å². The van der Waals surface area contributed by atoms with Crippen LogP contribution in [0.5, 0.6) is 0 Å². The fourth-order valence-electron chi connectivity index (χ4n) is 1.95. The van der Waals surface area contributed by atoms with Gasteiger partial charge in [0.1, 0.15) is 12.4 Å². The van der Waals surface area contributed by atoms with Crippen molar-refractivity contribution in [2.75, 3.05) is 13.2 Å². The molecule has 0 aromatic carbocycles. The van der Waals surface area contributed by atoms with Gasteiger partial charge in [-0.15, -0.1) is 0 Å².